The van der Waals surface area contributed by atoms with Gasteiger partial charge in [-0.1, -0.05) is 0 Å². The summed E-state index contributed by atoms with van der Waals surface area (Å²) in [5.41, 5.74) is 1.69. The van der Waals surface area contributed by atoms with Crippen LogP contribution in [-0.2, 0) is 6.54 Å². The average Bonchev–Trinajstić information content (AvgIpc) is 2.73. The molecule has 0 radical (unpaired) electrons. The maximum Gasteiger partial charge on any atom is 0.339 e. The highest BCUT2D eigenvalue weighted by molar-refractivity contribution is 5.94. The Morgan fingerprint density at radius 2 is 2.06 bits per heavy atom. The molecule has 0 aliphatic heterocycles. The molecule has 2 aromatic heterocycles. The van der Waals surface area contributed by atoms with E-state index in [9.17, 15) is 4.79 Å². The van der Waals surface area contributed by atoms with Crippen molar-refractivity contribution in [3.05, 3.63) is 29.8 Å². The molecule has 6 nitrogen and oxygen atoms in total. The van der Waals surface area contributed by atoms with E-state index in [-0.39, 0.29) is 5.56 Å². The van der Waals surface area contributed by atoms with Gasteiger partial charge >= 0.3 is 5.97 Å². The van der Waals surface area contributed by atoms with Crippen molar-refractivity contribution in [1.82, 2.24) is 19.7 Å². The van der Waals surface area contributed by atoms with Crippen LogP contribution in [0.3, 0.4) is 0 Å². The van der Waals surface area contributed by atoms with Gasteiger partial charge in [-0.25, -0.2) is 4.79 Å². The smallest absolute Gasteiger partial charge is 0.339 e. The zero-order valence-electron chi connectivity index (χ0n) is 9.58. The van der Waals surface area contributed by atoms with Gasteiger partial charge in [0.05, 0.1) is 5.69 Å². The van der Waals surface area contributed by atoms with Gasteiger partial charge in [0.2, 0.25) is 0 Å². The molecule has 0 saturated heterocycles. The quantitative estimate of drug-likeness (QED) is 0.864. The van der Waals surface area contributed by atoms with E-state index in [2.05, 4.69) is 15.1 Å². The predicted molar refractivity (Wildman–Crippen MR) is 60.6 cm³/mol. The summed E-state index contributed by atoms with van der Waals surface area (Å²) in [4.78, 5) is 19.4. The molecule has 0 amide bonds. The molecule has 0 unspecified atom stereocenters. The molecule has 0 saturated carbocycles. The Morgan fingerprint density at radius 1 is 1.35 bits per heavy atom. The molecule has 0 aliphatic rings. The molecule has 0 aliphatic carbocycles. The zero-order chi connectivity index (χ0) is 12.4. The summed E-state index contributed by atoms with van der Waals surface area (Å²) in [5.74, 6) is -1.01. The first-order valence-electron chi connectivity index (χ1n) is 5.22. The van der Waals surface area contributed by atoms with E-state index in [0.717, 1.165) is 0 Å². The van der Waals surface area contributed by atoms with Gasteiger partial charge in [-0.3, -0.25) is 14.6 Å². The third-order valence-corrected chi connectivity index (χ3v) is 2.42. The molecule has 17 heavy (non-hydrogen) atoms. The van der Waals surface area contributed by atoms with Crippen molar-refractivity contribution < 1.29 is 9.90 Å². The maximum atomic E-state index is 11.1. The molecule has 2 aromatic rings. The second kappa shape index (κ2) is 4.32. The van der Waals surface area contributed by atoms with Crippen molar-refractivity contribution in [2.45, 2.75) is 20.4 Å². The molecule has 88 valence electrons. The standard InChI is InChI=1S/C11H12N4O2/c1-3-15-6-8(11(16)17)10(14-15)9-7(2)12-4-5-13-9/h4-6H,3H2,1-2H3,(H,16,17). The first kappa shape index (κ1) is 11.3. The number of carboxylic acids is 1. The van der Waals surface area contributed by atoms with E-state index >= 15 is 0 Å². The molecule has 1 N–H and O–H groups in total. The summed E-state index contributed by atoms with van der Waals surface area (Å²) in [6, 6.07) is 0. The maximum absolute atomic E-state index is 11.1. The number of aryl methyl sites for hydroxylation is 2. The fourth-order valence-electron chi connectivity index (χ4n) is 1.55. The lowest BCUT2D eigenvalue weighted by Crippen LogP contribution is -2.00. The van der Waals surface area contributed by atoms with E-state index in [4.69, 9.17) is 5.11 Å². The number of nitrogens with zero attached hydrogens (tertiary/aromatic N) is 4. The van der Waals surface area contributed by atoms with Gasteiger partial charge in [-0.15, -0.1) is 0 Å². The molecule has 6 heteroatoms. The van der Waals surface area contributed by atoms with Gasteiger partial charge in [0.15, 0.2) is 0 Å². The van der Waals surface area contributed by atoms with Crippen LogP contribution in [0.2, 0.25) is 0 Å². The lowest BCUT2D eigenvalue weighted by molar-refractivity contribution is 0.0697. The molecular formula is C11H12N4O2. The molecule has 0 fully saturated rings. The van der Waals surface area contributed by atoms with E-state index in [1.54, 1.807) is 17.8 Å². The van der Waals surface area contributed by atoms with Crippen molar-refractivity contribution in [3.8, 4) is 11.4 Å². The molecular weight excluding hydrogens is 220 g/mol. The van der Waals surface area contributed by atoms with E-state index in [1.165, 1.54) is 12.4 Å². The van der Waals surface area contributed by atoms with Crippen molar-refractivity contribution in [2.75, 3.05) is 0 Å². The van der Waals surface area contributed by atoms with E-state index in [0.29, 0.717) is 23.6 Å². The van der Waals surface area contributed by atoms with Crippen molar-refractivity contribution >= 4 is 5.97 Å². The van der Waals surface area contributed by atoms with Crippen LogP contribution in [0.5, 0.6) is 0 Å². The topological polar surface area (TPSA) is 80.9 Å². The lowest BCUT2D eigenvalue weighted by atomic mass is 10.1. The van der Waals surface area contributed by atoms with Crippen LogP contribution < -0.4 is 0 Å². The van der Waals surface area contributed by atoms with Crippen LogP contribution in [0.15, 0.2) is 18.6 Å². The summed E-state index contributed by atoms with van der Waals surface area (Å²) >= 11 is 0. The highest BCUT2D eigenvalue weighted by Gasteiger charge is 2.19. The molecule has 2 rings (SSSR count). The molecule has 0 atom stereocenters. The minimum Gasteiger partial charge on any atom is -0.478 e. The highest BCUT2D eigenvalue weighted by atomic mass is 16.4. The molecule has 0 aromatic carbocycles. The minimum absolute atomic E-state index is 0.149. The van der Waals surface area contributed by atoms with Crippen LogP contribution in [0, 0.1) is 6.92 Å². The van der Waals surface area contributed by atoms with Crippen LogP contribution in [0.4, 0.5) is 0 Å². The molecule has 0 spiro atoms. The van der Waals surface area contributed by atoms with Gasteiger partial charge in [0.1, 0.15) is 17.0 Å². The van der Waals surface area contributed by atoms with E-state index < -0.39 is 5.97 Å². The number of carbonyl (C=O) groups is 1. The van der Waals surface area contributed by atoms with Crippen LogP contribution >= 0.6 is 0 Å². The predicted octanol–water partition coefficient (Wildman–Crippen LogP) is 1.37. The Kier molecular flexibility index (Phi) is 2.86. The number of aromatic carboxylic acids is 1. The Morgan fingerprint density at radius 3 is 2.65 bits per heavy atom. The largest absolute Gasteiger partial charge is 0.478 e. The SMILES string of the molecule is CCn1cc(C(=O)O)c(-c2nccnc2C)n1. The second-order valence-corrected chi connectivity index (χ2v) is 3.54. The number of carboxylic acid groups (broad SMARTS) is 1. The van der Waals surface area contributed by atoms with Gasteiger partial charge in [-0.05, 0) is 13.8 Å². The summed E-state index contributed by atoms with van der Waals surface area (Å²) in [5, 5.41) is 13.3. The zero-order valence-corrected chi connectivity index (χ0v) is 9.58. The third kappa shape index (κ3) is 2.01. The Hall–Kier alpha value is -2.24. The van der Waals surface area contributed by atoms with Crippen LogP contribution in [0.1, 0.15) is 23.0 Å². The summed E-state index contributed by atoms with van der Waals surface area (Å²) in [7, 11) is 0. The summed E-state index contributed by atoms with van der Waals surface area (Å²) in [6.45, 7) is 4.28. The number of hydrogen-bond acceptors (Lipinski definition) is 4. The van der Waals surface area contributed by atoms with E-state index in [1.807, 2.05) is 6.92 Å². The van der Waals surface area contributed by atoms with Gasteiger partial charge < -0.3 is 5.11 Å². The normalized spacial score (nSPS) is 10.5. The van der Waals surface area contributed by atoms with Crippen LogP contribution in [0.25, 0.3) is 11.4 Å². The minimum atomic E-state index is -1.01. The van der Waals surface area contributed by atoms with Crippen molar-refractivity contribution in [2.24, 2.45) is 0 Å². The first-order valence-corrected chi connectivity index (χ1v) is 5.22. The van der Waals surface area contributed by atoms with Crippen LogP contribution in [-0.4, -0.2) is 30.8 Å². The first-order chi connectivity index (χ1) is 8.13. The molecule has 2 heterocycles. The average molecular weight is 232 g/mol. The summed E-state index contributed by atoms with van der Waals surface area (Å²) in [6.07, 6.45) is 4.60. The Bertz CT molecular complexity index is 562. The highest BCUT2D eigenvalue weighted by Crippen LogP contribution is 2.21. The fraction of sp³-hybridized carbons (Fsp3) is 0.273. The Balaban J connectivity index is 2.62. The number of aromatic nitrogens is 4. The van der Waals surface area contributed by atoms with Gasteiger partial charge in [-0.2, -0.15) is 5.10 Å². The Labute approximate surface area is 98.0 Å². The van der Waals surface area contributed by atoms with Crippen molar-refractivity contribution in [1.29, 1.82) is 0 Å². The number of rotatable bonds is 3. The third-order valence-electron chi connectivity index (χ3n) is 2.42. The lowest BCUT2D eigenvalue weighted by Gasteiger charge is -2.00. The number of hydrogen-bond donors (Lipinski definition) is 1. The monoisotopic (exact) mass is 232 g/mol. The van der Waals surface area contributed by atoms with Crippen molar-refractivity contribution in [3.63, 3.8) is 0 Å². The van der Waals surface area contributed by atoms with Gasteiger partial charge in [0, 0.05) is 25.1 Å². The summed E-state index contributed by atoms with van der Waals surface area (Å²) < 4.78 is 1.58. The van der Waals surface area contributed by atoms with Gasteiger partial charge in [0.25, 0.3) is 0 Å². The fourth-order valence-corrected chi connectivity index (χ4v) is 1.55. The molecule has 0 bridgehead atoms. The second-order valence-electron chi connectivity index (χ2n) is 3.54.